The van der Waals surface area contributed by atoms with Crippen LogP contribution in [0.2, 0.25) is 0 Å². The van der Waals surface area contributed by atoms with E-state index in [1.165, 1.54) is 18.4 Å². The number of nitrogens with one attached hydrogen (secondary N) is 1. The number of carbonyl (C=O) groups excluding carboxylic acids is 1. The first kappa shape index (κ1) is 15.8. The zero-order valence-electron chi connectivity index (χ0n) is 12.7. The second kappa shape index (κ2) is 6.59. The minimum absolute atomic E-state index is 0.295. The summed E-state index contributed by atoms with van der Waals surface area (Å²) in [6, 6.07) is 8.42. The second-order valence-corrected chi connectivity index (χ2v) is 5.75. The van der Waals surface area contributed by atoms with Crippen molar-refractivity contribution in [1.29, 1.82) is 0 Å². The molecule has 2 aromatic heterocycles. The molecule has 1 N–H and O–H groups in total. The van der Waals surface area contributed by atoms with E-state index < -0.39 is 11.6 Å². The third-order valence-electron chi connectivity index (χ3n) is 3.24. The van der Waals surface area contributed by atoms with Gasteiger partial charge < -0.3 is 14.0 Å². The number of H-pyrrole nitrogens is 1. The molecule has 1 aromatic carbocycles. The summed E-state index contributed by atoms with van der Waals surface area (Å²) in [7, 11) is 1.47. The molecule has 0 saturated heterocycles. The molecule has 122 valence electrons. The Morgan fingerprint density at radius 2 is 2.17 bits per heavy atom. The van der Waals surface area contributed by atoms with E-state index in [4.69, 9.17) is 9.47 Å². The van der Waals surface area contributed by atoms with E-state index in [1.54, 1.807) is 41.8 Å². The largest absolute Gasteiger partial charge is 0.493 e. The minimum atomic E-state index is -0.507. The SMILES string of the molecule is C=c1[nH]oc(=O)/c1=C/c1ccc(OC(=O)c2cccs2)c(OC)c1. The van der Waals surface area contributed by atoms with Gasteiger partial charge in [0, 0.05) is 0 Å². The molecule has 0 amide bonds. The Hall–Kier alpha value is -3.06. The predicted molar refractivity (Wildman–Crippen MR) is 89.9 cm³/mol. The molecule has 0 spiro atoms. The summed E-state index contributed by atoms with van der Waals surface area (Å²) < 4.78 is 15.3. The highest BCUT2D eigenvalue weighted by molar-refractivity contribution is 7.12. The molecule has 24 heavy (non-hydrogen) atoms. The Kier molecular flexibility index (Phi) is 4.35. The van der Waals surface area contributed by atoms with Gasteiger partial charge in [-0.1, -0.05) is 18.7 Å². The van der Waals surface area contributed by atoms with Crippen LogP contribution in [0.15, 0.2) is 45.0 Å². The molecule has 6 nitrogen and oxygen atoms in total. The lowest BCUT2D eigenvalue weighted by molar-refractivity contribution is 0.0735. The predicted octanol–water partition coefficient (Wildman–Crippen LogP) is 1.50. The standard InChI is InChI=1S/C17H13NO5S/c1-10-12(16(19)23-18-10)8-11-5-6-13(14(9-11)21-2)22-17(20)15-4-3-7-24-15/h3-9,18H,1H2,2H3/b12-8+. The number of aromatic nitrogens is 1. The number of benzene rings is 1. The van der Waals surface area contributed by atoms with Crippen LogP contribution in [0.3, 0.4) is 0 Å². The van der Waals surface area contributed by atoms with Crippen LogP contribution < -0.4 is 25.7 Å². The average Bonchev–Trinajstić information content (AvgIpc) is 3.22. The molecule has 7 heteroatoms. The van der Waals surface area contributed by atoms with Gasteiger partial charge in [-0.3, -0.25) is 0 Å². The zero-order chi connectivity index (χ0) is 17.1. The topological polar surface area (TPSA) is 81.5 Å². The van der Waals surface area contributed by atoms with Crippen LogP contribution in [-0.2, 0) is 0 Å². The Balaban J connectivity index is 1.94. The van der Waals surface area contributed by atoms with E-state index >= 15 is 0 Å². The van der Waals surface area contributed by atoms with Crippen molar-refractivity contribution in [2.24, 2.45) is 0 Å². The Labute approximate surface area is 140 Å². The molecule has 3 aromatic rings. The van der Waals surface area contributed by atoms with Gasteiger partial charge >= 0.3 is 11.6 Å². The molecule has 0 fully saturated rings. The molecule has 0 aliphatic heterocycles. The molecule has 0 bridgehead atoms. The highest BCUT2D eigenvalue weighted by Crippen LogP contribution is 2.29. The summed E-state index contributed by atoms with van der Waals surface area (Å²) in [5, 5.41) is 4.91. The molecule has 2 heterocycles. The molecule has 0 aliphatic carbocycles. The van der Waals surface area contributed by atoms with E-state index in [2.05, 4.69) is 16.3 Å². The second-order valence-electron chi connectivity index (χ2n) is 4.81. The number of thiophene rings is 1. The van der Waals surface area contributed by atoms with Crippen molar-refractivity contribution in [2.45, 2.75) is 0 Å². The van der Waals surface area contributed by atoms with Crippen LogP contribution in [0.25, 0.3) is 12.7 Å². The first-order chi connectivity index (χ1) is 11.6. The molecule has 0 unspecified atom stereocenters. The fourth-order valence-electron chi connectivity index (χ4n) is 2.06. The molecular formula is C17H13NO5S. The van der Waals surface area contributed by atoms with Crippen molar-refractivity contribution < 1.29 is 18.8 Å². The van der Waals surface area contributed by atoms with Crippen molar-refractivity contribution in [2.75, 3.05) is 7.11 Å². The number of esters is 1. The quantitative estimate of drug-likeness (QED) is 0.573. The molecule has 0 radical (unpaired) electrons. The van der Waals surface area contributed by atoms with Crippen molar-refractivity contribution in [3.8, 4) is 11.5 Å². The van der Waals surface area contributed by atoms with Gasteiger partial charge in [-0.05, 0) is 35.2 Å². The number of carbonyl (C=O) groups is 1. The smallest absolute Gasteiger partial charge is 0.365 e. The van der Waals surface area contributed by atoms with E-state index in [-0.39, 0.29) is 0 Å². The molecule has 0 atom stereocenters. The third kappa shape index (κ3) is 3.16. The number of methoxy groups -OCH3 is 1. The summed E-state index contributed by atoms with van der Waals surface area (Å²) in [5.41, 5.74) is 0.173. The summed E-state index contributed by atoms with van der Waals surface area (Å²) in [4.78, 5) is 24.1. The first-order valence-electron chi connectivity index (χ1n) is 6.90. The Bertz CT molecular complexity index is 999. The summed E-state index contributed by atoms with van der Waals surface area (Å²) in [6.07, 6.45) is 1.61. The van der Waals surface area contributed by atoms with Crippen LogP contribution in [0.4, 0.5) is 0 Å². The van der Waals surface area contributed by atoms with Gasteiger partial charge in [0.2, 0.25) is 0 Å². The molecule has 0 aliphatic rings. The molecular weight excluding hydrogens is 330 g/mol. The van der Waals surface area contributed by atoms with Crippen LogP contribution in [0.1, 0.15) is 15.2 Å². The van der Waals surface area contributed by atoms with Gasteiger partial charge in [-0.15, -0.1) is 11.3 Å². The van der Waals surface area contributed by atoms with Crippen molar-refractivity contribution in [1.82, 2.24) is 5.16 Å². The minimum Gasteiger partial charge on any atom is -0.493 e. The third-order valence-corrected chi connectivity index (χ3v) is 4.09. The van der Waals surface area contributed by atoms with Crippen LogP contribution in [0, 0.1) is 0 Å². The lowest BCUT2D eigenvalue weighted by atomic mass is 10.1. The number of ether oxygens (including phenoxy) is 2. The monoisotopic (exact) mass is 343 g/mol. The lowest BCUT2D eigenvalue weighted by Crippen LogP contribution is -2.31. The Morgan fingerprint density at radius 1 is 1.33 bits per heavy atom. The van der Waals surface area contributed by atoms with Gasteiger partial charge in [0.05, 0.1) is 17.7 Å². The fraction of sp³-hybridized carbons (Fsp3) is 0.0588. The van der Waals surface area contributed by atoms with Gasteiger partial charge in [0.1, 0.15) is 4.88 Å². The lowest BCUT2D eigenvalue weighted by Gasteiger charge is -2.09. The Morgan fingerprint density at radius 3 is 2.79 bits per heavy atom. The van der Waals surface area contributed by atoms with Crippen LogP contribution >= 0.6 is 11.3 Å². The average molecular weight is 343 g/mol. The highest BCUT2D eigenvalue weighted by atomic mass is 32.1. The van der Waals surface area contributed by atoms with Gasteiger partial charge in [0.25, 0.3) is 0 Å². The number of aromatic amines is 1. The van der Waals surface area contributed by atoms with Gasteiger partial charge in [-0.2, -0.15) is 0 Å². The van der Waals surface area contributed by atoms with Crippen molar-refractivity contribution in [3.63, 3.8) is 0 Å². The number of rotatable bonds is 4. The summed E-state index contributed by atoms with van der Waals surface area (Å²) >= 11 is 1.30. The van der Waals surface area contributed by atoms with E-state index in [0.29, 0.717) is 32.5 Å². The molecule has 0 saturated carbocycles. The van der Waals surface area contributed by atoms with Gasteiger partial charge in [0.15, 0.2) is 11.5 Å². The number of hydrogen-bond donors (Lipinski definition) is 1. The normalized spacial score (nSPS) is 11.5. The van der Waals surface area contributed by atoms with Crippen molar-refractivity contribution in [3.05, 3.63) is 67.1 Å². The summed E-state index contributed by atoms with van der Waals surface area (Å²) in [6.45, 7) is 3.69. The molecule has 3 rings (SSSR count). The van der Waals surface area contributed by atoms with Crippen LogP contribution in [0.5, 0.6) is 11.5 Å². The highest BCUT2D eigenvalue weighted by Gasteiger charge is 2.13. The van der Waals surface area contributed by atoms with E-state index in [9.17, 15) is 9.59 Å². The zero-order valence-corrected chi connectivity index (χ0v) is 13.5. The van der Waals surface area contributed by atoms with Crippen molar-refractivity contribution >= 4 is 30.0 Å². The summed E-state index contributed by atoms with van der Waals surface area (Å²) in [5.74, 6) is 0.217. The fourth-order valence-corrected chi connectivity index (χ4v) is 2.66. The maximum atomic E-state index is 12.0. The van der Waals surface area contributed by atoms with E-state index in [0.717, 1.165) is 0 Å². The first-order valence-corrected chi connectivity index (χ1v) is 7.78. The number of hydrogen-bond acceptors (Lipinski definition) is 6. The maximum Gasteiger partial charge on any atom is 0.365 e. The maximum absolute atomic E-state index is 12.0. The van der Waals surface area contributed by atoms with Gasteiger partial charge in [-0.25, -0.2) is 14.7 Å². The van der Waals surface area contributed by atoms with Crippen LogP contribution in [-0.4, -0.2) is 18.2 Å². The van der Waals surface area contributed by atoms with E-state index in [1.807, 2.05) is 0 Å².